The lowest BCUT2D eigenvalue weighted by molar-refractivity contribution is -0.136. The van der Waals surface area contributed by atoms with Gasteiger partial charge in [0.1, 0.15) is 0 Å². The number of carbonyl (C=O) groups is 1. The molecule has 0 aliphatic rings. The molecule has 1 heterocycles. The monoisotopic (exact) mass is 209 g/mol. The van der Waals surface area contributed by atoms with Crippen LogP contribution in [0, 0.1) is 0 Å². The predicted octanol–water partition coefficient (Wildman–Crippen LogP) is 1.31. The standard InChI is InChI=1S/C10H15N3O2/c1-7(2)13-10-11-5-8(6-12-10)3-4-9(14)15/h5-7H,3-4H2,1-2H3,(H,14,15)(H,11,12,13). The number of aromatic nitrogens is 2. The molecule has 0 aliphatic carbocycles. The maximum atomic E-state index is 10.3. The van der Waals surface area contributed by atoms with E-state index in [1.54, 1.807) is 12.4 Å². The summed E-state index contributed by atoms with van der Waals surface area (Å²) in [6.07, 6.45) is 3.89. The zero-order valence-corrected chi connectivity index (χ0v) is 8.90. The van der Waals surface area contributed by atoms with Crippen LogP contribution in [-0.4, -0.2) is 27.1 Å². The van der Waals surface area contributed by atoms with Crippen LogP contribution in [-0.2, 0) is 11.2 Å². The molecule has 0 saturated heterocycles. The number of anilines is 1. The lowest BCUT2D eigenvalue weighted by atomic mass is 10.2. The van der Waals surface area contributed by atoms with Gasteiger partial charge in [-0.15, -0.1) is 0 Å². The Kier molecular flexibility index (Phi) is 4.03. The predicted molar refractivity (Wildman–Crippen MR) is 56.7 cm³/mol. The Morgan fingerprint density at radius 1 is 1.47 bits per heavy atom. The average Bonchev–Trinajstić information content (AvgIpc) is 2.16. The fourth-order valence-electron chi connectivity index (χ4n) is 1.07. The van der Waals surface area contributed by atoms with Crippen LogP contribution in [0.1, 0.15) is 25.8 Å². The van der Waals surface area contributed by atoms with E-state index in [2.05, 4.69) is 15.3 Å². The fraction of sp³-hybridized carbons (Fsp3) is 0.500. The average molecular weight is 209 g/mol. The second kappa shape index (κ2) is 5.29. The van der Waals surface area contributed by atoms with Crippen molar-refractivity contribution in [1.29, 1.82) is 0 Å². The van der Waals surface area contributed by atoms with Crippen molar-refractivity contribution in [2.75, 3.05) is 5.32 Å². The molecule has 5 nitrogen and oxygen atoms in total. The Morgan fingerprint density at radius 3 is 2.53 bits per heavy atom. The molecule has 1 rings (SSSR count). The first kappa shape index (κ1) is 11.4. The molecule has 15 heavy (non-hydrogen) atoms. The number of carboxylic acid groups (broad SMARTS) is 1. The topological polar surface area (TPSA) is 75.1 Å². The number of hydrogen-bond acceptors (Lipinski definition) is 4. The van der Waals surface area contributed by atoms with Crippen LogP contribution >= 0.6 is 0 Å². The quantitative estimate of drug-likeness (QED) is 0.764. The highest BCUT2D eigenvalue weighted by atomic mass is 16.4. The highest BCUT2D eigenvalue weighted by molar-refractivity contribution is 5.67. The Balaban J connectivity index is 2.52. The minimum absolute atomic E-state index is 0.111. The summed E-state index contributed by atoms with van der Waals surface area (Å²) in [5.41, 5.74) is 0.840. The summed E-state index contributed by atoms with van der Waals surface area (Å²) >= 11 is 0. The van der Waals surface area contributed by atoms with E-state index in [4.69, 9.17) is 5.11 Å². The van der Waals surface area contributed by atoms with Crippen molar-refractivity contribution < 1.29 is 9.90 Å². The lowest BCUT2D eigenvalue weighted by Gasteiger charge is -2.07. The number of hydrogen-bond donors (Lipinski definition) is 2. The van der Waals surface area contributed by atoms with Crippen LogP contribution in [0.4, 0.5) is 5.95 Å². The molecule has 0 aromatic carbocycles. The molecule has 0 spiro atoms. The summed E-state index contributed by atoms with van der Waals surface area (Å²) < 4.78 is 0. The second-order valence-corrected chi connectivity index (χ2v) is 3.61. The number of nitrogens with one attached hydrogen (secondary N) is 1. The fourth-order valence-corrected chi connectivity index (χ4v) is 1.07. The van der Waals surface area contributed by atoms with Crippen LogP contribution in [0.25, 0.3) is 0 Å². The highest BCUT2D eigenvalue weighted by Crippen LogP contribution is 2.04. The van der Waals surface area contributed by atoms with Crippen molar-refractivity contribution in [3.05, 3.63) is 18.0 Å². The molecule has 0 radical (unpaired) electrons. The van der Waals surface area contributed by atoms with Crippen molar-refractivity contribution in [2.45, 2.75) is 32.7 Å². The van der Waals surface area contributed by atoms with Gasteiger partial charge in [-0.05, 0) is 25.8 Å². The number of carboxylic acids is 1. The summed E-state index contributed by atoms with van der Waals surface area (Å²) in [4.78, 5) is 18.5. The second-order valence-electron chi connectivity index (χ2n) is 3.61. The first-order valence-corrected chi connectivity index (χ1v) is 4.87. The normalized spacial score (nSPS) is 10.3. The maximum Gasteiger partial charge on any atom is 0.303 e. The van der Waals surface area contributed by atoms with Crippen molar-refractivity contribution in [3.8, 4) is 0 Å². The smallest absolute Gasteiger partial charge is 0.303 e. The van der Waals surface area contributed by atoms with Gasteiger partial charge in [0, 0.05) is 24.9 Å². The third-order valence-electron chi connectivity index (χ3n) is 1.75. The third-order valence-corrected chi connectivity index (χ3v) is 1.75. The maximum absolute atomic E-state index is 10.3. The summed E-state index contributed by atoms with van der Waals surface area (Å²) in [7, 11) is 0. The molecule has 0 aliphatic heterocycles. The summed E-state index contributed by atoms with van der Waals surface area (Å²) in [6, 6.07) is 0.287. The minimum Gasteiger partial charge on any atom is -0.481 e. The molecule has 1 aromatic rings. The van der Waals surface area contributed by atoms with E-state index in [-0.39, 0.29) is 12.5 Å². The zero-order valence-electron chi connectivity index (χ0n) is 8.90. The van der Waals surface area contributed by atoms with E-state index in [0.29, 0.717) is 12.4 Å². The summed E-state index contributed by atoms with van der Waals surface area (Å²) in [5, 5.41) is 11.6. The third kappa shape index (κ3) is 4.39. The molecular formula is C10H15N3O2. The lowest BCUT2D eigenvalue weighted by Crippen LogP contribution is -2.12. The molecule has 82 valence electrons. The van der Waals surface area contributed by atoms with E-state index in [9.17, 15) is 4.79 Å². The van der Waals surface area contributed by atoms with Crippen molar-refractivity contribution in [3.63, 3.8) is 0 Å². The van der Waals surface area contributed by atoms with Gasteiger partial charge >= 0.3 is 5.97 Å². The van der Waals surface area contributed by atoms with Gasteiger partial charge < -0.3 is 10.4 Å². The Hall–Kier alpha value is -1.65. The van der Waals surface area contributed by atoms with Crippen LogP contribution in [0.5, 0.6) is 0 Å². The number of aryl methyl sites for hydroxylation is 1. The number of aliphatic carboxylic acids is 1. The van der Waals surface area contributed by atoms with Crippen molar-refractivity contribution in [2.24, 2.45) is 0 Å². The van der Waals surface area contributed by atoms with Crippen LogP contribution in [0.3, 0.4) is 0 Å². The first-order valence-electron chi connectivity index (χ1n) is 4.87. The molecule has 0 amide bonds. The zero-order chi connectivity index (χ0) is 11.3. The van der Waals surface area contributed by atoms with Gasteiger partial charge in [-0.2, -0.15) is 0 Å². The van der Waals surface area contributed by atoms with Gasteiger partial charge in [0.05, 0.1) is 0 Å². The van der Waals surface area contributed by atoms with E-state index < -0.39 is 5.97 Å². The molecule has 1 aromatic heterocycles. The van der Waals surface area contributed by atoms with Gasteiger partial charge in [-0.3, -0.25) is 4.79 Å². The largest absolute Gasteiger partial charge is 0.481 e. The Bertz CT molecular complexity index is 322. The summed E-state index contributed by atoms with van der Waals surface area (Å²) in [5.74, 6) is -0.233. The van der Waals surface area contributed by atoms with Gasteiger partial charge in [-0.1, -0.05) is 0 Å². The van der Waals surface area contributed by atoms with Crippen LogP contribution < -0.4 is 5.32 Å². The van der Waals surface area contributed by atoms with E-state index >= 15 is 0 Å². The SMILES string of the molecule is CC(C)Nc1ncc(CCC(=O)O)cn1. The minimum atomic E-state index is -0.806. The molecule has 0 bridgehead atoms. The van der Waals surface area contributed by atoms with Crippen LogP contribution in [0.15, 0.2) is 12.4 Å². The van der Waals surface area contributed by atoms with Gasteiger partial charge in [0.15, 0.2) is 0 Å². The number of nitrogens with zero attached hydrogens (tertiary/aromatic N) is 2. The molecule has 0 unspecified atom stereocenters. The number of rotatable bonds is 5. The highest BCUT2D eigenvalue weighted by Gasteiger charge is 2.01. The van der Waals surface area contributed by atoms with E-state index in [1.807, 2.05) is 13.8 Å². The first-order chi connectivity index (χ1) is 7.08. The molecule has 0 atom stereocenters. The van der Waals surface area contributed by atoms with Gasteiger partial charge in [0.25, 0.3) is 0 Å². The van der Waals surface area contributed by atoms with Gasteiger partial charge in [-0.25, -0.2) is 9.97 Å². The summed E-state index contributed by atoms with van der Waals surface area (Å²) in [6.45, 7) is 4.00. The van der Waals surface area contributed by atoms with Crippen LogP contribution in [0.2, 0.25) is 0 Å². The molecule has 5 heteroatoms. The molecule has 0 fully saturated rings. The molecule has 2 N–H and O–H groups in total. The Labute approximate surface area is 88.6 Å². The van der Waals surface area contributed by atoms with E-state index in [1.165, 1.54) is 0 Å². The van der Waals surface area contributed by atoms with Crippen molar-refractivity contribution >= 4 is 11.9 Å². The van der Waals surface area contributed by atoms with E-state index in [0.717, 1.165) is 5.56 Å². The molecular weight excluding hydrogens is 194 g/mol. The van der Waals surface area contributed by atoms with Gasteiger partial charge in [0.2, 0.25) is 5.95 Å². The Morgan fingerprint density at radius 2 is 2.07 bits per heavy atom. The van der Waals surface area contributed by atoms with Crippen molar-refractivity contribution in [1.82, 2.24) is 9.97 Å². The molecule has 0 saturated carbocycles.